The SMILES string of the molecule is NC(=O)c1ccccc1CCCN1CC2CN(C(=O)c3ccco3)C[C@@H]2C1. The second kappa shape index (κ2) is 7.56. The van der Waals surface area contributed by atoms with E-state index in [1.54, 1.807) is 24.5 Å². The molecule has 2 saturated heterocycles. The minimum absolute atomic E-state index is 0.00371. The van der Waals surface area contributed by atoms with Crippen molar-refractivity contribution in [2.75, 3.05) is 32.7 Å². The summed E-state index contributed by atoms with van der Waals surface area (Å²) in [6, 6.07) is 11.1. The predicted molar refractivity (Wildman–Crippen MR) is 101 cm³/mol. The Bertz CT molecular complexity index is 804. The highest BCUT2D eigenvalue weighted by molar-refractivity contribution is 5.94. The Morgan fingerprint density at radius 1 is 1.04 bits per heavy atom. The van der Waals surface area contributed by atoms with Crippen LogP contribution in [0.15, 0.2) is 47.1 Å². The number of carbonyl (C=O) groups excluding carboxylic acids is 2. The number of benzene rings is 1. The van der Waals surface area contributed by atoms with Crippen molar-refractivity contribution >= 4 is 11.8 Å². The van der Waals surface area contributed by atoms with Gasteiger partial charge in [0.05, 0.1) is 6.26 Å². The van der Waals surface area contributed by atoms with Crippen molar-refractivity contribution in [2.45, 2.75) is 12.8 Å². The van der Waals surface area contributed by atoms with Crippen LogP contribution >= 0.6 is 0 Å². The Balaban J connectivity index is 1.25. The molecule has 4 rings (SSSR count). The van der Waals surface area contributed by atoms with Crippen LogP contribution < -0.4 is 5.73 Å². The van der Waals surface area contributed by atoms with Crippen LogP contribution in [-0.2, 0) is 6.42 Å². The summed E-state index contributed by atoms with van der Waals surface area (Å²) in [6.07, 6.45) is 3.40. The van der Waals surface area contributed by atoms with Crippen LogP contribution in [-0.4, -0.2) is 54.3 Å². The molecule has 1 aromatic heterocycles. The first kappa shape index (κ1) is 17.8. The fourth-order valence-corrected chi connectivity index (χ4v) is 4.47. The number of nitrogens with two attached hydrogens (primary N) is 1. The molecule has 2 aromatic rings. The van der Waals surface area contributed by atoms with Crippen molar-refractivity contribution in [3.63, 3.8) is 0 Å². The number of likely N-dealkylation sites (tertiary alicyclic amines) is 2. The number of primary amides is 1. The summed E-state index contributed by atoms with van der Waals surface area (Å²) in [4.78, 5) is 28.3. The number of aryl methyl sites for hydroxylation is 1. The summed E-state index contributed by atoms with van der Waals surface area (Å²) in [7, 11) is 0. The Labute approximate surface area is 158 Å². The van der Waals surface area contributed by atoms with E-state index < -0.39 is 0 Å². The van der Waals surface area contributed by atoms with Crippen LogP contribution in [0.5, 0.6) is 0 Å². The lowest BCUT2D eigenvalue weighted by atomic mass is 10.0. The molecule has 6 nitrogen and oxygen atoms in total. The van der Waals surface area contributed by atoms with E-state index in [1.807, 2.05) is 23.1 Å². The molecule has 2 N–H and O–H groups in total. The van der Waals surface area contributed by atoms with Gasteiger partial charge in [0, 0.05) is 31.7 Å². The summed E-state index contributed by atoms with van der Waals surface area (Å²) in [5.74, 6) is 1.16. The lowest BCUT2D eigenvalue weighted by Gasteiger charge is -2.21. The minimum atomic E-state index is -0.359. The third-order valence-corrected chi connectivity index (χ3v) is 5.78. The zero-order chi connectivity index (χ0) is 18.8. The molecule has 1 unspecified atom stereocenters. The Morgan fingerprint density at radius 3 is 2.44 bits per heavy atom. The Hall–Kier alpha value is -2.60. The van der Waals surface area contributed by atoms with Crippen molar-refractivity contribution in [3.05, 3.63) is 59.5 Å². The molecule has 3 heterocycles. The lowest BCUT2D eigenvalue weighted by molar-refractivity contribution is 0.0742. The summed E-state index contributed by atoms with van der Waals surface area (Å²) in [5, 5.41) is 0. The Morgan fingerprint density at radius 2 is 1.78 bits per heavy atom. The van der Waals surface area contributed by atoms with Gasteiger partial charge in [0.15, 0.2) is 5.76 Å². The first-order valence-electron chi connectivity index (χ1n) is 9.54. The van der Waals surface area contributed by atoms with Gasteiger partial charge in [-0.1, -0.05) is 18.2 Å². The number of fused-ring (bicyclic) bond motifs is 1. The van der Waals surface area contributed by atoms with Crippen molar-refractivity contribution in [2.24, 2.45) is 17.6 Å². The largest absolute Gasteiger partial charge is 0.459 e. The maximum Gasteiger partial charge on any atom is 0.289 e. The molecule has 2 amide bonds. The molecule has 2 atom stereocenters. The standard InChI is InChI=1S/C21H25N3O3/c22-20(25)18-7-2-1-5-15(18)6-3-9-23-11-16-13-24(14-17(16)12-23)21(26)19-8-4-10-27-19/h1-2,4-5,7-8,10,16-17H,3,6,9,11-14H2,(H2,22,25)/t16-,17?/m0/s1. The van der Waals surface area contributed by atoms with Crippen molar-refractivity contribution in [1.82, 2.24) is 9.80 Å². The smallest absolute Gasteiger partial charge is 0.289 e. The van der Waals surface area contributed by atoms with E-state index in [1.165, 1.54) is 0 Å². The molecule has 0 radical (unpaired) electrons. The number of hydrogen-bond acceptors (Lipinski definition) is 4. The normalized spacial score (nSPS) is 22.1. The van der Waals surface area contributed by atoms with Crippen molar-refractivity contribution in [3.8, 4) is 0 Å². The maximum atomic E-state index is 12.4. The number of hydrogen-bond donors (Lipinski definition) is 1. The molecule has 0 bridgehead atoms. The molecule has 2 aliphatic heterocycles. The molecule has 142 valence electrons. The average molecular weight is 367 g/mol. The number of nitrogens with zero attached hydrogens (tertiary/aromatic N) is 2. The molecule has 6 heteroatoms. The highest BCUT2D eigenvalue weighted by Gasteiger charge is 2.41. The average Bonchev–Trinajstić information content (AvgIpc) is 3.38. The second-order valence-electron chi connectivity index (χ2n) is 7.59. The molecule has 0 spiro atoms. The van der Waals surface area contributed by atoms with Gasteiger partial charge in [-0.15, -0.1) is 0 Å². The topological polar surface area (TPSA) is 79.8 Å². The van der Waals surface area contributed by atoms with E-state index >= 15 is 0 Å². The predicted octanol–water partition coefficient (Wildman–Crippen LogP) is 2.02. The summed E-state index contributed by atoms with van der Waals surface area (Å²) in [5.41, 5.74) is 7.11. The number of amides is 2. The van der Waals surface area contributed by atoms with Gasteiger partial charge < -0.3 is 20.0 Å². The van der Waals surface area contributed by atoms with Gasteiger partial charge in [0.1, 0.15) is 0 Å². The Kier molecular flexibility index (Phi) is 4.99. The van der Waals surface area contributed by atoms with E-state index in [4.69, 9.17) is 10.2 Å². The monoisotopic (exact) mass is 367 g/mol. The zero-order valence-corrected chi connectivity index (χ0v) is 15.3. The number of furan rings is 1. The van der Waals surface area contributed by atoms with Crippen LogP contribution in [0.1, 0.15) is 32.9 Å². The van der Waals surface area contributed by atoms with Gasteiger partial charge in [-0.3, -0.25) is 9.59 Å². The van der Waals surface area contributed by atoms with Gasteiger partial charge in [0.25, 0.3) is 5.91 Å². The molecule has 2 fully saturated rings. The highest BCUT2D eigenvalue weighted by atomic mass is 16.3. The van der Waals surface area contributed by atoms with Crippen LogP contribution in [0.4, 0.5) is 0 Å². The molecule has 0 saturated carbocycles. The molecule has 2 aliphatic rings. The second-order valence-corrected chi connectivity index (χ2v) is 7.59. The highest BCUT2D eigenvalue weighted by Crippen LogP contribution is 2.32. The number of rotatable bonds is 6. The van der Waals surface area contributed by atoms with E-state index in [0.717, 1.165) is 51.1 Å². The van der Waals surface area contributed by atoms with Gasteiger partial charge >= 0.3 is 0 Å². The van der Waals surface area contributed by atoms with Gasteiger partial charge in [0.2, 0.25) is 5.91 Å². The maximum absolute atomic E-state index is 12.4. The van der Waals surface area contributed by atoms with E-state index in [-0.39, 0.29) is 11.8 Å². The molecule has 27 heavy (non-hydrogen) atoms. The first-order chi connectivity index (χ1) is 13.1. The summed E-state index contributed by atoms with van der Waals surface area (Å²) >= 11 is 0. The molecular weight excluding hydrogens is 342 g/mol. The van der Waals surface area contributed by atoms with E-state index in [9.17, 15) is 9.59 Å². The molecule has 1 aromatic carbocycles. The summed E-state index contributed by atoms with van der Waals surface area (Å²) < 4.78 is 5.24. The van der Waals surface area contributed by atoms with E-state index in [2.05, 4.69) is 4.90 Å². The fraction of sp³-hybridized carbons (Fsp3) is 0.429. The van der Waals surface area contributed by atoms with Crippen molar-refractivity contribution in [1.29, 1.82) is 0 Å². The van der Waals surface area contributed by atoms with Gasteiger partial charge in [-0.05, 0) is 55.0 Å². The first-order valence-corrected chi connectivity index (χ1v) is 9.54. The number of carbonyl (C=O) groups is 2. The van der Waals surface area contributed by atoms with Crippen LogP contribution in [0.25, 0.3) is 0 Å². The fourth-order valence-electron chi connectivity index (χ4n) is 4.47. The van der Waals surface area contributed by atoms with E-state index in [0.29, 0.717) is 23.2 Å². The minimum Gasteiger partial charge on any atom is -0.459 e. The molecular formula is C21H25N3O3. The molecule has 0 aliphatic carbocycles. The third kappa shape index (κ3) is 3.76. The quantitative estimate of drug-likeness (QED) is 0.847. The van der Waals surface area contributed by atoms with Crippen molar-refractivity contribution < 1.29 is 14.0 Å². The lowest BCUT2D eigenvalue weighted by Crippen LogP contribution is -2.33. The van der Waals surface area contributed by atoms with Gasteiger partial charge in [-0.2, -0.15) is 0 Å². The zero-order valence-electron chi connectivity index (χ0n) is 15.3. The third-order valence-electron chi connectivity index (χ3n) is 5.78. The summed E-state index contributed by atoms with van der Waals surface area (Å²) in [6.45, 7) is 4.69. The van der Waals surface area contributed by atoms with Gasteiger partial charge in [-0.25, -0.2) is 0 Å². The van der Waals surface area contributed by atoms with Crippen LogP contribution in [0, 0.1) is 11.8 Å². The van der Waals surface area contributed by atoms with Crippen LogP contribution in [0.3, 0.4) is 0 Å². The van der Waals surface area contributed by atoms with Crippen LogP contribution in [0.2, 0.25) is 0 Å².